The lowest BCUT2D eigenvalue weighted by Crippen LogP contribution is -2.39. The SMILES string of the molecule is CN(C)S(=O)(=O)n1cnc(C[C@H]2CNC(=O)c3cc(-c4cccc(OC(F)(F)F)c4)cn32)c1. The molecule has 2 aromatic heterocycles. The van der Waals surface area contributed by atoms with Crippen LogP contribution in [0.25, 0.3) is 11.1 Å². The Labute approximate surface area is 187 Å². The van der Waals surface area contributed by atoms with E-state index in [9.17, 15) is 26.4 Å². The Hall–Kier alpha value is -3.32. The number of aromatic nitrogens is 3. The third kappa shape index (κ3) is 4.73. The number of carbonyl (C=O) groups excluding carboxylic acids is 1. The van der Waals surface area contributed by atoms with Gasteiger partial charge < -0.3 is 14.6 Å². The van der Waals surface area contributed by atoms with Crippen LogP contribution in [0.4, 0.5) is 13.2 Å². The maximum Gasteiger partial charge on any atom is 0.573 e. The number of hydrogen-bond acceptors (Lipinski definition) is 5. The number of benzene rings is 1. The zero-order chi connectivity index (χ0) is 24.0. The van der Waals surface area contributed by atoms with Gasteiger partial charge in [0, 0.05) is 45.0 Å². The molecule has 1 atom stereocenters. The van der Waals surface area contributed by atoms with E-state index in [0.29, 0.717) is 28.9 Å². The number of fused-ring (bicyclic) bond motifs is 1. The van der Waals surface area contributed by atoms with Gasteiger partial charge in [-0.3, -0.25) is 4.79 Å². The monoisotopic (exact) mass is 483 g/mol. The van der Waals surface area contributed by atoms with Gasteiger partial charge in [-0.05, 0) is 23.8 Å². The van der Waals surface area contributed by atoms with Crippen LogP contribution >= 0.6 is 0 Å². The van der Waals surface area contributed by atoms with E-state index in [1.54, 1.807) is 22.9 Å². The summed E-state index contributed by atoms with van der Waals surface area (Å²) in [6, 6.07) is 6.80. The highest BCUT2D eigenvalue weighted by molar-refractivity contribution is 7.87. The molecule has 13 heteroatoms. The minimum absolute atomic E-state index is 0.272. The summed E-state index contributed by atoms with van der Waals surface area (Å²) in [6.07, 6.45) is -0.186. The fraction of sp³-hybridized carbons (Fsp3) is 0.300. The van der Waals surface area contributed by atoms with Crippen molar-refractivity contribution in [2.45, 2.75) is 18.8 Å². The number of rotatable bonds is 6. The summed E-state index contributed by atoms with van der Waals surface area (Å²) >= 11 is 0. The van der Waals surface area contributed by atoms with Gasteiger partial charge in [0.25, 0.3) is 5.91 Å². The summed E-state index contributed by atoms with van der Waals surface area (Å²) in [6.45, 7) is 0.282. The van der Waals surface area contributed by atoms with Crippen LogP contribution in [0.15, 0.2) is 49.1 Å². The molecule has 0 radical (unpaired) electrons. The van der Waals surface area contributed by atoms with Crippen LogP contribution in [0, 0.1) is 0 Å². The second kappa shape index (κ2) is 8.23. The molecule has 3 aromatic rings. The normalized spacial score (nSPS) is 16.5. The minimum atomic E-state index is -4.81. The maximum absolute atomic E-state index is 12.6. The van der Waals surface area contributed by atoms with Crippen molar-refractivity contribution in [2.24, 2.45) is 0 Å². The van der Waals surface area contributed by atoms with Crippen LogP contribution in [0.2, 0.25) is 0 Å². The molecule has 176 valence electrons. The molecule has 0 unspecified atom stereocenters. The Morgan fingerprint density at radius 3 is 2.67 bits per heavy atom. The number of hydrogen-bond donors (Lipinski definition) is 1. The summed E-state index contributed by atoms with van der Waals surface area (Å²) in [5.74, 6) is -0.682. The summed E-state index contributed by atoms with van der Waals surface area (Å²) in [5.41, 5.74) is 1.83. The molecule has 0 saturated carbocycles. The first-order valence-corrected chi connectivity index (χ1v) is 11.2. The van der Waals surface area contributed by atoms with Crippen molar-refractivity contribution in [1.82, 2.24) is 23.1 Å². The number of ether oxygens (including phenoxy) is 1. The molecular weight excluding hydrogens is 463 g/mol. The average molecular weight is 483 g/mol. The summed E-state index contributed by atoms with van der Waals surface area (Å²) in [4.78, 5) is 16.6. The van der Waals surface area contributed by atoms with E-state index in [1.165, 1.54) is 44.8 Å². The molecule has 0 fully saturated rings. The van der Waals surface area contributed by atoms with Crippen molar-refractivity contribution < 1.29 is 31.1 Å². The maximum atomic E-state index is 12.6. The number of nitrogens with zero attached hydrogens (tertiary/aromatic N) is 4. The quantitative estimate of drug-likeness (QED) is 0.581. The van der Waals surface area contributed by atoms with E-state index in [2.05, 4.69) is 15.0 Å². The Bertz CT molecular complexity index is 1300. The van der Waals surface area contributed by atoms with E-state index >= 15 is 0 Å². The van der Waals surface area contributed by atoms with Crippen LogP contribution in [-0.4, -0.2) is 59.2 Å². The molecule has 0 aliphatic carbocycles. The fourth-order valence-electron chi connectivity index (χ4n) is 3.57. The topological polar surface area (TPSA) is 98.5 Å². The van der Waals surface area contributed by atoms with E-state index in [4.69, 9.17) is 0 Å². The van der Waals surface area contributed by atoms with E-state index in [0.717, 1.165) is 8.28 Å². The fourth-order valence-corrected chi connectivity index (χ4v) is 4.37. The lowest BCUT2D eigenvalue weighted by molar-refractivity contribution is -0.274. The van der Waals surface area contributed by atoms with Gasteiger partial charge in [-0.15, -0.1) is 13.2 Å². The van der Waals surface area contributed by atoms with Gasteiger partial charge in [0.1, 0.15) is 17.8 Å². The molecule has 0 bridgehead atoms. The van der Waals surface area contributed by atoms with Gasteiger partial charge in [0.2, 0.25) is 0 Å². The van der Waals surface area contributed by atoms with Crippen molar-refractivity contribution in [3.8, 4) is 16.9 Å². The minimum Gasteiger partial charge on any atom is -0.406 e. The molecule has 3 heterocycles. The highest BCUT2D eigenvalue weighted by Gasteiger charge is 2.31. The number of halogens is 3. The molecule has 0 saturated heterocycles. The highest BCUT2D eigenvalue weighted by atomic mass is 32.2. The largest absolute Gasteiger partial charge is 0.573 e. The van der Waals surface area contributed by atoms with Crippen molar-refractivity contribution in [3.05, 3.63) is 60.4 Å². The zero-order valence-corrected chi connectivity index (χ0v) is 18.4. The van der Waals surface area contributed by atoms with Gasteiger partial charge in [-0.2, -0.15) is 12.7 Å². The van der Waals surface area contributed by atoms with Crippen LogP contribution < -0.4 is 10.1 Å². The average Bonchev–Trinajstić information content (AvgIpc) is 3.37. The molecule has 1 amide bonds. The van der Waals surface area contributed by atoms with Crippen molar-refractivity contribution in [2.75, 3.05) is 20.6 Å². The summed E-state index contributed by atoms with van der Waals surface area (Å²) in [5, 5.41) is 2.78. The first-order chi connectivity index (χ1) is 15.4. The van der Waals surface area contributed by atoms with E-state index < -0.39 is 16.6 Å². The lowest BCUT2D eigenvalue weighted by atomic mass is 10.1. The summed E-state index contributed by atoms with van der Waals surface area (Å²) in [7, 11) is -0.875. The van der Waals surface area contributed by atoms with Crippen LogP contribution in [0.3, 0.4) is 0 Å². The number of imidazole rings is 1. The molecule has 1 aliphatic rings. The molecule has 9 nitrogen and oxygen atoms in total. The first-order valence-electron chi connectivity index (χ1n) is 9.76. The van der Waals surface area contributed by atoms with Crippen molar-refractivity contribution in [1.29, 1.82) is 0 Å². The predicted molar refractivity (Wildman–Crippen MR) is 112 cm³/mol. The van der Waals surface area contributed by atoms with Crippen molar-refractivity contribution in [3.63, 3.8) is 0 Å². The Morgan fingerprint density at radius 2 is 1.97 bits per heavy atom. The van der Waals surface area contributed by atoms with Gasteiger partial charge in [0.15, 0.2) is 0 Å². The predicted octanol–water partition coefficient (Wildman–Crippen LogP) is 2.43. The zero-order valence-electron chi connectivity index (χ0n) is 17.6. The van der Waals surface area contributed by atoms with E-state index in [-0.39, 0.29) is 24.2 Å². The van der Waals surface area contributed by atoms with Crippen LogP contribution in [0.5, 0.6) is 5.75 Å². The molecule has 1 N–H and O–H groups in total. The standard InChI is InChI=1S/C20H20F3N5O4S/c1-26(2)33(30,31)27-11-15(25-12-27)8-16-9-24-19(29)18-7-14(10-28(16)18)13-4-3-5-17(6-13)32-20(21,22)23/h3-7,10-12,16H,8-9H2,1-2H3,(H,24,29)/t16-/m0/s1. The molecule has 33 heavy (non-hydrogen) atoms. The molecule has 1 aliphatic heterocycles. The first kappa shape index (κ1) is 22.9. The number of carbonyl (C=O) groups is 1. The Balaban J connectivity index is 1.62. The molecule has 0 spiro atoms. The van der Waals surface area contributed by atoms with Gasteiger partial charge in [0.05, 0.1) is 11.7 Å². The number of alkyl halides is 3. The van der Waals surface area contributed by atoms with Gasteiger partial charge in [-0.1, -0.05) is 12.1 Å². The van der Waals surface area contributed by atoms with Crippen LogP contribution in [-0.2, 0) is 16.6 Å². The van der Waals surface area contributed by atoms with Gasteiger partial charge >= 0.3 is 16.6 Å². The van der Waals surface area contributed by atoms with Gasteiger partial charge in [-0.25, -0.2) is 8.96 Å². The smallest absolute Gasteiger partial charge is 0.406 e. The highest BCUT2D eigenvalue weighted by Crippen LogP contribution is 2.31. The van der Waals surface area contributed by atoms with Crippen LogP contribution in [0.1, 0.15) is 22.2 Å². The second-order valence-corrected chi connectivity index (χ2v) is 9.70. The molecule has 1 aromatic carbocycles. The molecular formula is C20H20F3N5O4S. The number of nitrogens with one attached hydrogen (secondary N) is 1. The second-order valence-electron chi connectivity index (χ2n) is 7.65. The third-order valence-electron chi connectivity index (χ3n) is 5.16. The van der Waals surface area contributed by atoms with Crippen molar-refractivity contribution >= 4 is 16.1 Å². The molecule has 4 rings (SSSR count). The summed E-state index contributed by atoms with van der Waals surface area (Å²) < 4.78 is 70.0. The van der Waals surface area contributed by atoms with E-state index in [1.807, 2.05) is 0 Å². The Morgan fingerprint density at radius 1 is 1.21 bits per heavy atom. The third-order valence-corrected chi connectivity index (χ3v) is 6.82. The lowest BCUT2D eigenvalue weighted by Gasteiger charge is -2.25. The Kier molecular flexibility index (Phi) is 5.70. The number of amides is 1.